The maximum atomic E-state index is 10.1. The molecule has 0 aromatic carbocycles. The fourth-order valence-corrected chi connectivity index (χ4v) is 1.92. The summed E-state index contributed by atoms with van der Waals surface area (Å²) >= 11 is 0. The number of carbonyl (C=O) groups excluding carboxylic acids is 1. The summed E-state index contributed by atoms with van der Waals surface area (Å²) in [6, 6.07) is 0.436. The fourth-order valence-electron chi connectivity index (χ4n) is 1.92. The van der Waals surface area contributed by atoms with Crippen molar-refractivity contribution >= 4 is 6.47 Å². The summed E-state index contributed by atoms with van der Waals surface area (Å²) in [4.78, 5) is 12.5. The third kappa shape index (κ3) is 3.35. The Morgan fingerprint density at radius 1 is 1.38 bits per heavy atom. The number of piperidine rings is 1. The minimum absolute atomic E-state index is 0.436. The first kappa shape index (κ1) is 10.5. The van der Waals surface area contributed by atoms with Gasteiger partial charge in [-0.05, 0) is 32.4 Å². The van der Waals surface area contributed by atoms with Crippen molar-refractivity contribution in [2.75, 3.05) is 19.7 Å². The van der Waals surface area contributed by atoms with Crippen molar-refractivity contribution in [2.45, 2.75) is 38.6 Å². The summed E-state index contributed by atoms with van der Waals surface area (Å²) in [6.07, 6.45) is 4.99. The molecule has 76 valence electrons. The van der Waals surface area contributed by atoms with Crippen LogP contribution in [0.5, 0.6) is 0 Å². The first-order chi connectivity index (χ1) is 6.38. The SMILES string of the molecule is CCC(COC=O)N1CCCCC1. The van der Waals surface area contributed by atoms with Crippen LogP contribution in [0.15, 0.2) is 0 Å². The number of hydrogen-bond acceptors (Lipinski definition) is 3. The molecule has 0 aromatic rings. The van der Waals surface area contributed by atoms with Crippen LogP contribution in [0.4, 0.5) is 0 Å². The van der Waals surface area contributed by atoms with Crippen LogP contribution in [0.2, 0.25) is 0 Å². The van der Waals surface area contributed by atoms with Gasteiger partial charge in [-0.3, -0.25) is 9.69 Å². The minimum atomic E-state index is 0.436. The van der Waals surface area contributed by atoms with Gasteiger partial charge in [0.2, 0.25) is 0 Å². The van der Waals surface area contributed by atoms with Crippen LogP contribution in [0.25, 0.3) is 0 Å². The van der Waals surface area contributed by atoms with Crippen molar-refractivity contribution in [3.8, 4) is 0 Å². The third-order valence-corrected chi connectivity index (χ3v) is 2.73. The van der Waals surface area contributed by atoms with Gasteiger partial charge in [-0.2, -0.15) is 0 Å². The predicted octanol–water partition coefficient (Wildman–Crippen LogP) is 1.42. The van der Waals surface area contributed by atoms with E-state index in [1.165, 1.54) is 32.4 Å². The summed E-state index contributed by atoms with van der Waals surface area (Å²) in [5.74, 6) is 0. The summed E-state index contributed by atoms with van der Waals surface area (Å²) in [5.41, 5.74) is 0. The lowest BCUT2D eigenvalue weighted by atomic mass is 10.1. The van der Waals surface area contributed by atoms with Crippen LogP contribution in [0, 0.1) is 0 Å². The van der Waals surface area contributed by atoms with Crippen molar-refractivity contribution in [2.24, 2.45) is 0 Å². The molecule has 0 aromatic heterocycles. The van der Waals surface area contributed by atoms with Gasteiger partial charge in [0, 0.05) is 6.04 Å². The Morgan fingerprint density at radius 3 is 2.62 bits per heavy atom. The van der Waals surface area contributed by atoms with Gasteiger partial charge in [0.05, 0.1) is 0 Å². The highest BCUT2D eigenvalue weighted by molar-refractivity contribution is 5.36. The Balaban J connectivity index is 2.29. The molecule has 0 spiro atoms. The lowest BCUT2D eigenvalue weighted by molar-refractivity contribution is -0.130. The zero-order valence-electron chi connectivity index (χ0n) is 8.37. The van der Waals surface area contributed by atoms with Crippen molar-refractivity contribution in [1.82, 2.24) is 4.90 Å². The van der Waals surface area contributed by atoms with E-state index in [2.05, 4.69) is 11.8 Å². The predicted molar refractivity (Wildman–Crippen MR) is 51.5 cm³/mol. The highest BCUT2D eigenvalue weighted by atomic mass is 16.5. The average Bonchev–Trinajstić information content (AvgIpc) is 2.21. The van der Waals surface area contributed by atoms with Crippen molar-refractivity contribution in [3.05, 3.63) is 0 Å². The molecule has 1 unspecified atom stereocenters. The van der Waals surface area contributed by atoms with Crippen molar-refractivity contribution in [1.29, 1.82) is 0 Å². The zero-order valence-corrected chi connectivity index (χ0v) is 8.37. The molecule has 0 amide bonds. The molecule has 0 aliphatic carbocycles. The van der Waals surface area contributed by atoms with E-state index >= 15 is 0 Å². The Kier molecular flexibility index (Phi) is 4.83. The first-order valence-corrected chi connectivity index (χ1v) is 5.17. The zero-order chi connectivity index (χ0) is 9.52. The van der Waals surface area contributed by atoms with Gasteiger partial charge in [-0.1, -0.05) is 13.3 Å². The van der Waals surface area contributed by atoms with E-state index in [1.807, 2.05) is 0 Å². The Bertz CT molecular complexity index is 144. The summed E-state index contributed by atoms with van der Waals surface area (Å²) in [5, 5.41) is 0. The topological polar surface area (TPSA) is 29.5 Å². The quantitative estimate of drug-likeness (QED) is 0.607. The maximum Gasteiger partial charge on any atom is 0.293 e. The van der Waals surface area contributed by atoms with Gasteiger partial charge in [0.15, 0.2) is 0 Å². The lowest BCUT2D eigenvalue weighted by Gasteiger charge is -2.33. The van der Waals surface area contributed by atoms with Crippen LogP contribution in [-0.4, -0.2) is 37.1 Å². The standard InChI is InChI=1S/C10H19NO2/c1-2-10(8-13-9-12)11-6-4-3-5-7-11/h9-10H,2-8H2,1H3. The molecule has 13 heavy (non-hydrogen) atoms. The Hall–Kier alpha value is -0.570. The van der Waals surface area contributed by atoms with Crippen molar-refractivity contribution in [3.63, 3.8) is 0 Å². The minimum Gasteiger partial charge on any atom is -0.466 e. The average molecular weight is 185 g/mol. The van der Waals surface area contributed by atoms with E-state index in [1.54, 1.807) is 0 Å². The fraction of sp³-hybridized carbons (Fsp3) is 0.900. The van der Waals surface area contributed by atoms with Gasteiger partial charge >= 0.3 is 0 Å². The molecular weight excluding hydrogens is 166 g/mol. The number of nitrogens with zero attached hydrogens (tertiary/aromatic N) is 1. The highest BCUT2D eigenvalue weighted by Gasteiger charge is 2.18. The molecule has 0 radical (unpaired) electrons. The monoisotopic (exact) mass is 185 g/mol. The van der Waals surface area contributed by atoms with E-state index in [-0.39, 0.29) is 0 Å². The molecule has 1 saturated heterocycles. The summed E-state index contributed by atoms with van der Waals surface area (Å²) in [7, 11) is 0. The van der Waals surface area contributed by atoms with E-state index in [0.29, 0.717) is 19.1 Å². The number of carbonyl (C=O) groups is 1. The summed E-state index contributed by atoms with van der Waals surface area (Å²) < 4.78 is 4.82. The molecule has 1 aliphatic heterocycles. The van der Waals surface area contributed by atoms with Crippen LogP contribution >= 0.6 is 0 Å². The molecule has 1 rings (SSSR count). The number of rotatable bonds is 5. The smallest absolute Gasteiger partial charge is 0.293 e. The largest absolute Gasteiger partial charge is 0.466 e. The van der Waals surface area contributed by atoms with E-state index in [0.717, 1.165) is 6.42 Å². The van der Waals surface area contributed by atoms with Crippen LogP contribution in [0.1, 0.15) is 32.6 Å². The van der Waals surface area contributed by atoms with Crippen LogP contribution in [0.3, 0.4) is 0 Å². The number of likely N-dealkylation sites (tertiary alicyclic amines) is 1. The number of ether oxygens (including phenoxy) is 1. The molecule has 0 bridgehead atoms. The van der Waals surface area contributed by atoms with Gasteiger partial charge in [0.25, 0.3) is 6.47 Å². The Labute approximate surface area is 80.1 Å². The van der Waals surface area contributed by atoms with E-state index < -0.39 is 0 Å². The van der Waals surface area contributed by atoms with Crippen molar-refractivity contribution < 1.29 is 9.53 Å². The third-order valence-electron chi connectivity index (χ3n) is 2.73. The molecule has 0 N–H and O–H groups in total. The molecule has 1 fully saturated rings. The Morgan fingerprint density at radius 2 is 2.08 bits per heavy atom. The molecule has 0 saturated carbocycles. The second kappa shape index (κ2) is 5.97. The van der Waals surface area contributed by atoms with E-state index in [9.17, 15) is 4.79 Å². The molecule has 3 nitrogen and oxygen atoms in total. The normalized spacial score (nSPS) is 21.0. The molecule has 1 heterocycles. The van der Waals surface area contributed by atoms with E-state index in [4.69, 9.17) is 4.74 Å². The second-order valence-electron chi connectivity index (χ2n) is 3.59. The van der Waals surface area contributed by atoms with Gasteiger partial charge in [-0.15, -0.1) is 0 Å². The van der Waals surface area contributed by atoms with Crippen LogP contribution in [-0.2, 0) is 9.53 Å². The molecule has 1 atom stereocenters. The second-order valence-corrected chi connectivity index (χ2v) is 3.59. The van der Waals surface area contributed by atoms with Gasteiger partial charge < -0.3 is 4.74 Å². The molecular formula is C10H19NO2. The molecule has 1 aliphatic rings. The lowest BCUT2D eigenvalue weighted by Crippen LogP contribution is -2.41. The summed E-state index contributed by atoms with van der Waals surface area (Å²) in [6.45, 7) is 5.58. The highest BCUT2D eigenvalue weighted by Crippen LogP contribution is 2.14. The number of hydrogen-bond donors (Lipinski definition) is 0. The van der Waals surface area contributed by atoms with Gasteiger partial charge in [-0.25, -0.2) is 0 Å². The van der Waals surface area contributed by atoms with Crippen LogP contribution < -0.4 is 0 Å². The van der Waals surface area contributed by atoms with Gasteiger partial charge in [0.1, 0.15) is 6.61 Å². The first-order valence-electron chi connectivity index (χ1n) is 5.17. The maximum absolute atomic E-state index is 10.1. The molecule has 3 heteroatoms.